The molecule has 0 spiro atoms. The van der Waals surface area contributed by atoms with E-state index >= 15 is 0 Å². The van der Waals surface area contributed by atoms with Gasteiger partial charge in [0.05, 0.1) is 0 Å². The van der Waals surface area contributed by atoms with Crippen LogP contribution in [0, 0.1) is 10.7 Å². The smallest absolute Gasteiger partial charge is 0.320 e. The van der Waals surface area contributed by atoms with E-state index in [1.54, 1.807) is 14.2 Å². The molecule has 0 saturated heterocycles. The zero-order chi connectivity index (χ0) is 9.23. The summed E-state index contributed by atoms with van der Waals surface area (Å²) in [5, 5.41) is 10.3. The molecule has 0 aliphatic carbocycles. The third-order valence-electron chi connectivity index (χ3n) is 1.53. The van der Waals surface area contributed by atoms with Crippen molar-refractivity contribution in [3.63, 3.8) is 0 Å². The molecular formula is C7H15NO2SSi. The van der Waals surface area contributed by atoms with E-state index in [-0.39, 0.29) is 0 Å². The SMILES string of the molecule is CO[SiH](CCCCSC#N)OC. The molecule has 0 aliphatic heterocycles. The summed E-state index contributed by atoms with van der Waals surface area (Å²) in [6, 6.07) is 1.04. The minimum absolute atomic E-state index is 0.922. The predicted molar refractivity (Wildman–Crippen MR) is 53.3 cm³/mol. The second-order valence-electron chi connectivity index (χ2n) is 2.34. The van der Waals surface area contributed by atoms with Crippen molar-refractivity contribution < 1.29 is 8.85 Å². The zero-order valence-electron chi connectivity index (χ0n) is 7.58. The molecule has 0 aliphatic rings. The van der Waals surface area contributed by atoms with Gasteiger partial charge in [-0.15, -0.1) is 0 Å². The molecule has 0 bridgehead atoms. The quantitative estimate of drug-likeness (QED) is 0.359. The van der Waals surface area contributed by atoms with Gasteiger partial charge in [0.15, 0.2) is 0 Å². The number of unbranched alkanes of at least 4 members (excludes halogenated alkanes) is 1. The van der Waals surface area contributed by atoms with Gasteiger partial charge in [-0.1, -0.05) is 6.42 Å². The molecule has 0 heterocycles. The molecule has 70 valence electrons. The highest BCUT2D eigenvalue weighted by Crippen LogP contribution is 2.07. The molecule has 0 saturated carbocycles. The lowest BCUT2D eigenvalue weighted by Crippen LogP contribution is -2.18. The molecule has 0 radical (unpaired) electrons. The van der Waals surface area contributed by atoms with Gasteiger partial charge < -0.3 is 8.85 Å². The van der Waals surface area contributed by atoms with Gasteiger partial charge in [-0.2, -0.15) is 5.26 Å². The van der Waals surface area contributed by atoms with Crippen molar-refractivity contribution in [2.45, 2.75) is 18.9 Å². The minimum atomic E-state index is -1.34. The molecule has 0 aromatic rings. The van der Waals surface area contributed by atoms with E-state index in [4.69, 9.17) is 14.1 Å². The average molecular weight is 205 g/mol. The van der Waals surface area contributed by atoms with Gasteiger partial charge in [0.25, 0.3) is 0 Å². The van der Waals surface area contributed by atoms with E-state index in [1.807, 2.05) is 5.40 Å². The summed E-state index contributed by atoms with van der Waals surface area (Å²) < 4.78 is 10.3. The monoisotopic (exact) mass is 205 g/mol. The molecule has 0 fully saturated rings. The minimum Gasteiger partial charge on any atom is -0.400 e. The lowest BCUT2D eigenvalue weighted by Gasteiger charge is -2.09. The molecule has 0 N–H and O–H groups in total. The summed E-state index contributed by atoms with van der Waals surface area (Å²) in [5.74, 6) is 0.922. The van der Waals surface area contributed by atoms with Crippen LogP contribution in [0.3, 0.4) is 0 Å². The average Bonchev–Trinajstić information content (AvgIpc) is 2.11. The highest BCUT2D eigenvalue weighted by atomic mass is 32.2. The molecule has 0 aromatic carbocycles. The van der Waals surface area contributed by atoms with Gasteiger partial charge in [0.2, 0.25) is 0 Å². The number of hydrogen-bond donors (Lipinski definition) is 0. The van der Waals surface area contributed by atoms with Gasteiger partial charge in [0, 0.05) is 20.0 Å². The fourth-order valence-corrected chi connectivity index (χ4v) is 2.59. The fourth-order valence-electron chi connectivity index (χ4n) is 0.863. The summed E-state index contributed by atoms with van der Waals surface area (Å²) in [5.41, 5.74) is 0. The van der Waals surface area contributed by atoms with Crippen LogP contribution in [-0.2, 0) is 8.85 Å². The van der Waals surface area contributed by atoms with Gasteiger partial charge in [-0.05, 0) is 24.2 Å². The first-order valence-electron chi connectivity index (χ1n) is 3.91. The maximum absolute atomic E-state index is 8.24. The normalized spacial score (nSPS) is 10.2. The van der Waals surface area contributed by atoms with Crippen molar-refractivity contribution in [3.05, 3.63) is 0 Å². The summed E-state index contributed by atoms with van der Waals surface area (Å²) in [7, 11) is 2.06. The second-order valence-corrected chi connectivity index (χ2v) is 5.60. The summed E-state index contributed by atoms with van der Waals surface area (Å²) in [6.07, 6.45) is 2.18. The van der Waals surface area contributed by atoms with E-state index in [0.29, 0.717) is 0 Å². The van der Waals surface area contributed by atoms with E-state index in [1.165, 1.54) is 11.8 Å². The van der Waals surface area contributed by atoms with E-state index < -0.39 is 9.28 Å². The molecule has 0 amide bonds. The molecule has 0 unspecified atom stereocenters. The Hall–Kier alpha value is -0.0231. The highest BCUT2D eigenvalue weighted by Gasteiger charge is 2.07. The van der Waals surface area contributed by atoms with Crippen molar-refractivity contribution in [1.82, 2.24) is 0 Å². The van der Waals surface area contributed by atoms with Gasteiger partial charge in [-0.25, -0.2) is 0 Å². The first kappa shape index (κ1) is 12.0. The van der Waals surface area contributed by atoms with E-state index in [2.05, 4.69) is 0 Å². The summed E-state index contributed by atoms with van der Waals surface area (Å²) in [6.45, 7) is 0. The first-order chi connectivity index (χ1) is 5.85. The third kappa shape index (κ3) is 6.67. The third-order valence-corrected chi connectivity index (χ3v) is 4.08. The van der Waals surface area contributed by atoms with Crippen molar-refractivity contribution in [3.8, 4) is 5.40 Å². The molecule has 0 aromatic heterocycles. The Labute approximate surface area is 79.9 Å². The van der Waals surface area contributed by atoms with Crippen LogP contribution < -0.4 is 0 Å². The molecule has 0 atom stereocenters. The molecule has 12 heavy (non-hydrogen) atoms. The van der Waals surface area contributed by atoms with Crippen LogP contribution in [0.5, 0.6) is 0 Å². The van der Waals surface area contributed by atoms with Gasteiger partial charge in [0.1, 0.15) is 5.40 Å². The van der Waals surface area contributed by atoms with Crippen LogP contribution in [0.25, 0.3) is 0 Å². The Kier molecular flexibility index (Phi) is 9.05. The Bertz CT molecular complexity index is 136. The van der Waals surface area contributed by atoms with Crippen molar-refractivity contribution in [2.75, 3.05) is 20.0 Å². The standard InChI is InChI=1S/C7H15NO2SSi/c1-9-12(10-2)6-4-3-5-11-7-8/h12H,3-6H2,1-2H3. The number of rotatable bonds is 7. The Morgan fingerprint density at radius 1 is 1.33 bits per heavy atom. The number of thioether (sulfide) groups is 1. The van der Waals surface area contributed by atoms with Crippen molar-refractivity contribution in [2.24, 2.45) is 0 Å². The Morgan fingerprint density at radius 2 is 2.00 bits per heavy atom. The van der Waals surface area contributed by atoms with Crippen LogP contribution in [0.1, 0.15) is 12.8 Å². The lowest BCUT2D eigenvalue weighted by atomic mass is 10.4. The number of hydrogen-bond acceptors (Lipinski definition) is 4. The Balaban J connectivity index is 3.13. The van der Waals surface area contributed by atoms with E-state index in [9.17, 15) is 0 Å². The number of nitrogens with zero attached hydrogens (tertiary/aromatic N) is 1. The van der Waals surface area contributed by atoms with Crippen LogP contribution in [0.15, 0.2) is 0 Å². The Morgan fingerprint density at radius 3 is 2.50 bits per heavy atom. The van der Waals surface area contributed by atoms with Gasteiger partial charge >= 0.3 is 9.28 Å². The second kappa shape index (κ2) is 9.07. The molecule has 5 heteroatoms. The summed E-state index contributed by atoms with van der Waals surface area (Å²) >= 11 is 1.31. The molecule has 0 rings (SSSR count). The predicted octanol–water partition coefficient (Wildman–Crippen LogP) is 1.49. The maximum atomic E-state index is 8.24. The topological polar surface area (TPSA) is 42.2 Å². The fraction of sp³-hybridized carbons (Fsp3) is 0.857. The van der Waals surface area contributed by atoms with Crippen LogP contribution in [0.2, 0.25) is 6.04 Å². The first-order valence-corrected chi connectivity index (χ1v) is 6.66. The van der Waals surface area contributed by atoms with Crippen molar-refractivity contribution in [1.29, 1.82) is 5.26 Å². The van der Waals surface area contributed by atoms with E-state index in [0.717, 1.165) is 24.6 Å². The van der Waals surface area contributed by atoms with Crippen LogP contribution >= 0.6 is 11.8 Å². The van der Waals surface area contributed by atoms with Crippen LogP contribution in [-0.4, -0.2) is 29.3 Å². The highest BCUT2D eigenvalue weighted by molar-refractivity contribution is 8.03. The molecular weight excluding hydrogens is 190 g/mol. The summed E-state index contributed by atoms with van der Waals surface area (Å²) in [4.78, 5) is 0. The zero-order valence-corrected chi connectivity index (χ0v) is 9.55. The molecule has 3 nitrogen and oxygen atoms in total. The van der Waals surface area contributed by atoms with Crippen molar-refractivity contribution >= 4 is 21.0 Å². The largest absolute Gasteiger partial charge is 0.400 e. The number of thiocyanates is 1. The number of nitriles is 1. The van der Waals surface area contributed by atoms with Gasteiger partial charge in [-0.3, -0.25) is 0 Å². The van der Waals surface area contributed by atoms with Crippen LogP contribution in [0.4, 0.5) is 0 Å². The lowest BCUT2D eigenvalue weighted by molar-refractivity contribution is 0.276. The maximum Gasteiger partial charge on any atom is 0.320 e.